The minimum absolute atomic E-state index is 0.176. The van der Waals surface area contributed by atoms with Crippen LogP contribution in [0.5, 0.6) is 0 Å². The van der Waals surface area contributed by atoms with Crippen molar-refractivity contribution < 1.29 is 13.6 Å². The van der Waals surface area contributed by atoms with E-state index in [1.54, 1.807) is 6.07 Å². The Hall–Kier alpha value is -0.590. The quantitative estimate of drug-likeness (QED) is 0.647. The molecule has 1 nitrogen and oxygen atoms in total. The van der Waals surface area contributed by atoms with E-state index >= 15 is 0 Å². The highest BCUT2D eigenvalue weighted by Crippen LogP contribution is 2.33. The second-order valence-corrected chi connectivity index (χ2v) is 7.40. The maximum Gasteiger partial charge on any atom is 0.198 e. The van der Waals surface area contributed by atoms with Crippen LogP contribution in [0.2, 0.25) is 0 Å². The van der Waals surface area contributed by atoms with Crippen molar-refractivity contribution in [3.63, 3.8) is 0 Å². The third kappa shape index (κ3) is 2.55. The summed E-state index contributed by atoms with van der Waals surface area (Å²) in [6.45, 7) is 1.45. The van der Waals surface area contributed by atoms with E-state index in [0.717, 1.165) is 15.9 Å². The van der Waals surface area contributed by atoms with Crippen molar-refractivity contribution in [2.45, 2.75) is 6.92 Å². The summed E-state index contributed by atoms with van der Waals surface area (Å²) in [5, 5.41) is 0. The fourth-order valence-electron chi connectivity index (χ4n) is 1.46. The first kappa shape index (κ1) is 13.8. The van der Waals surface area contributed by atoms with Gasteiger partial charge in [0, 0.05) is 5.56 Å². The van der Waals surface area contributed by atoms with Crippen molar-refractivity contribution in [1.29, 1.82) is 0 Å². The van der Waals surface area contributed by atoms with Crippen molar-refractivity contribution in [2.24, 2.45) is 0 Å². The van der Waals surface area contributed by atoms with Crippen molar-refractivity contribution in [2.75, 3.05) is 0 Å². The van der Waals surface area contributed by atoms with Gasteiger partial charge in [0.1, 0.15) is 11.6 Å². The predicted octanol–water partition coefficient (Wildman–Crippen LogP) is 5.09. The fraction of sp³-hybridized carbons (Fsp3) is 0.0833. The van der Waals surface area contributed by atoms with Crippen LogP contribution in [0.4, 0.5) is 8.78 Å². The third-order valence-corrected chi connectivity index (χ3v) is 4.73. The van der Waals surface area contributed by atoms with E-state index in [1.807, 2.05) is 0 Å². The Kier molecular flexibility index (Phi) is 3.99. The minimum atomic E-state index is -0.715. The summed E-state index contributed by atoms with van der Waals surface area (Å²) >= 11 is 7.76. The molecule has 94 valence electrons. The van der Waals surface area contributed by atoms with Gasteiger partial charge in [0.25, 0.3) is 0 Å². The number of rotatable bonds is 2. The Morgan fingerprint density at radius 3 is 2.33 bits per heavy atom. The molecule has 0 aliphatic rings. The zero-order valence-electron chi connectivity index (χ0n) is 9.06. The number of hydrogen-bond acceptors (Lipinski definition) is 2. The van der Waals surface area contributed by atoms with Gasteiger partial charge in [-0.05, 0) is 62.5 Å². The predicted molar refractivity (Wildman–Crippen MR) is 74.2 cm³/mol. The van der Waals surface area contributed by atoms with Gasteiger partial charge >= 0.3 is 0 Å². The van der Waals surface area contributed by atoms with E-state index in [1.165, 1.54) is 18.3 Å². The second-order valence-electron chi connectivity index (χ2n) is 3.65. The molecule has 0 N–H and O–H groups in total. The molecule has 2 aromatic rings. The summed E-state index contributed by atoms with van der Waals surface area (Å²) in [5.41, 5.74) is 0.229. The Balaban J connectivity index is 2.53. The molecular weight excluding hydrogens is 390 g/mol. The maximum absolute atomic E-state index is 13.7. The first-order valence-corrected chi connectivity index (χ1v) is 7.25. The van der Waals surface area contributed by atoms with Crippen LogP contribution >= 0.6 is 43.2 Å². The lowest BCUT2D eigenvalue weighted by atomic mass is 10.0. The van der Waals surface area contributed by atoms with Crippen LogP contribution in [0.1, 0.15) is 21.5 Å². The summed E-state index contributed by atoms with van der Waals surface area (Å²) in [6, 6.07) is 3.54. The van der Waals surface area contributed by atoms with Gasteiger partial charge in [0.05, 0.1) is 13.1 Å². The van der Waals surface area contributed by atoms with E-state index < -0.39 is 17.4 Å². The van der Waals surface area contributed by atoms with Crippen LogP contribution in [0.3, 0.4) is 0 Å². The molecule has 1 aromatic carbocycles. The molecule has 0 unspecified atom stereocenters. The molecule has 0 atom stereocenters. The molecule has 18 heavy (non-hydrogen) atoms. The van der Waals surface area contributed by atoms with Crippen LogP contribution in [0.15, 0.2) is 25.8 Å². The van der Waals surface area contributed by atoms with Crippen molar-refractivity contribution in [1.82, 2.24) is 0 Å². The molecular formula is C12H6Br2F2OS. The van der Waals surface area contributed by atoms with Gasteiger partial charge in [-0.3, -0.25) is 4.79 Å². The topological polar surface area (TPSA) is 17.1 Å². The van der Waals surface area contributed by atoms with E-state index in [0.29, 0.717) is 9.35 Å². The number of carbonyl (C=O) groups is 1. The summed E-state index contributed by atoms with van der Waals surface area (Å²) in [7, 11) is 0. The van der Waals surface area contributed by atoms with Gasteiger partial charge < -0.3 is 0 Å². The summed E-state index contributed by atoms with van der Waals surface area (Å²) in [5.74, 6) is -1.85. The summed E-state index contributed by atoms with van der Waals surface area (Å²) in [6.07, 6.45) is 0. The molecule has 0 spiro atoms. The Morgan fingerprint density at radius 2 is 1.78 bits per heavy atom. The van der Waals surface area contributed by atoms with Gasteiger partial charge in [-0.25, -0.2) is 8.78 Å². The van der Waals surface area contributed by atoms with E-state index in [4.69, 9.17) is 0 Å². The average Bonchev–Trinajstić information content (AvgIpc) is 2.62. The van der Waals surface area contributed by atoms with E-state index in [9.17, 15) is 13.6 Å². The molecule has 1 heterocycles. The second kappa shape index (κ2) is 5.19. The smallest absolute Gasteiger partial charge is 0.198 e. The number of aryl methyl sites for hydroxylation is 1. The van der Waals surface area contributed by atoms with Crippen molar-refractivity contribution in [3.05, 3.63) is 54.1 Å². The zero-order valence-corrected chi connectivity index (χ0v) is 13.0. The number of hydrogen-bond donors (Lipinski definition) is 0. The number of thiophene rings is 1. The molecule has 0 radical (unpaired) electrons. The first-order valence-electron chi connectivity index (χ1n) is 4.85. The number of halogens is 4. The summed E-state index contributed by atoms with van der Waals surface area (Å²) in [4.78, 5) is 12.1. The fourth-order valence-corrected chi connectivity index (χ4v) is 4.25. The van der Waals surface area contributed by atoms with Crippen LogP contribution in [0, 0.1) is 18.6 Å². The van der Waals surface area contributed by atoms with Gasteiger partial charge in [0.15, 0.2) is 5.78 Å². The number of carbonyl (C=O) groups excluding carboxylic acids is 1. The highest BCUT2D eigenvalue weighted by Gasteiger charge is 2.20. The molecule has 0 saturated heterocycles. The number of ketones is 1. The van der Waals surface area contributed by atoms with Gasteiger partial charge in [-0.15, -0.1) is 11.3 Å². The van der Waals surface area contributed by atoms with E-state index in [2.05, 4.69) is 31.9 Å². The molecule has 0 bridgehead atoms. The SMILES string of the molecule is Cc1cc(F)c(C(=O)c2cc(Br)sc2Br)cc1F. The van der Waals surface area contributed by atoms with Gasteiger partial charge in [-0.1, -0.05) is 0 Å². The third-order valence-electron chi connectivity index (χ3n) is 2.39. The first-order chi connectivity index (χ1) is 8.40. The lowest BCUT2D eigenvalue weighted by Crippen LogP contribution is -2.05. The van der Waals surface area contributed by atoms with Crippen LogP contribution in [-0.2, 0) is 0 Å². The maximum atomic E-state index is 13.7. The molecule has 2 rings (SSSR count). The lowest BCUT2D eigenvalue weighted by molar-refractivity contribution is 0.103. The normalized spacial score (nSPS) is 10.7. The van der Waals surface area contributed by atoms with Gasteiger partial charge in [0.2, 0.25) is 0 Å². The standard InChI is InChI=1S/C12H6Br2F2OS/c1-5-2-9(16)6(3-8(5)15)11(17)7-4-10(13)18-12(7)14/h2-4H,1H3. The molecule has 0 fully saturated rings. The Bertz CT molecular complexity index is 637. The molecule has 1 aromatic heterocycles. The largest absolute Gasteiger partial charge is 0.288 e. The van der Waals surface area contributed by atoms with Crippen LogP contribution in [-0.4, -0.2) is 5.78 Å². The van der Waals surface area contributed by atoms with Crippen molar-refractivity contribution in [3.8, 4) is 0 Å². The molecule has 0 amide bonds. The van der Waals surface area contributed by atoms with Crippen molar-refractivity contribution >= 4 is 49.0 Å². The van der Waals surface area contributed by atoms with Gasteiger partial charge in [-0.2, -0.15) is 0 Å². The molecule has 6 heteroatoms. The molecule has 0 aliphatic heterocycles. The monoisotopic (exact) mass is 394 g/mol. The Labute approximate surface area is 123 Å². The van der Waals surface area contributed by atoms with Crippen LogP contribution < -0.4 is 0 Å². The van der Waals surface area contributed by atoms with Crippen LogP contribution in [0.25, 0.3) is 0 Å². The summed E-state index contributed by atoms with van der Waals surface area (Å²) < 4.78 is 28.4. The average molecular weight is 396 g/mol. The minimum Gasteiger partial charge on any atom is -0.288 e. The highest BCUT2D eigenvalue weighted by atomic mass is 79.9. The molecule has 0 aliphatic carbocycles. The number of benzene rings is 1. The molecule has 0 saturated carbocycles. The zero-order chi connectivity index (χ0) is 13.4. The Morgan fingerprint density at radius 1 is 1.11 bits per heavy atom. The highest BCUT2D eigenvalue weighted by molar-refractivity contribution is 9.12. The van der Waals surface area contributed by atoms with E-state index in [-0.39, 0.29) is 11.1 Å². The lowest BCUT2D eigenvalue weighted by Gasteiger charge is -2.04.